The van der Waals surface area contributed by atoms with Crippen molar-refractivity contribution >= 4 is 28.8 Å². The number of rotatable bonds is 3. The van der Waals surface area contributed by atoms with Gasteiger partial charge in [0.15, 0.2) is 5.66 Å². The minimum atomic E-state index is -0.795. The number of thiocarbonyl (C=S) groups is 1. The summed E-state index contributed by atoms with van der Waals surface area (Å²) in [6, 6.07) is 19.6. The average Bonchev–Trinajstić information content (AvgIpc) is 2.88. The van der Waals surface area contributed by atoms with E-state index in [0.717, 1.165) is 11.1 Å². The Kier molecular flexibility index (Phi) is 4.09. The summed E-state index contributed by atoms with van der Waals surface area (Å²) in [6.45, 7) is 3.79. The second-order valence-electron chi connectivity index (χ2n) is 5.60. The zero-order valence-electron chi connectivity index (χ0n) is 13.2. The van der Waals surface area contributed by atoms with Crippen LogP contribution in [0.5, 0.6) is 0 Å². The predicted octanol–water partition coefficient (Wildman–Crippen LogP) is 3.93. The molecule has 3 nitrogen and oxygen atoms in total. The molecule has 0 bridgehead atoms. The molecule has 116 valence electrons. The van der Waals surface area contributed by atoms with Crippen molar-refractivity contribution in [1.29, 1.82) is 0 Å². The van der Waals surface area contributed by atoms with Gasteiger partial charge in [-0.05, 0) is 12.5 Å². The molecule has 0 spiro atoms. The van der Waals surface area contributed by atoms with E-state index in [9.17, 15) is 4.79 Å². The molecule has 2 aromatic rings. The summed E-state index contributed by atoms with van der Waals surface area (Å²) in [7, 11) is 0. The van der Waals surface area contributed by atoms with Crippen LogP contribution < -0.4 is 0 Å². The van der Waals surface area contributed by atoms with Crippen LogP contribution >= 0.6 is 12.2 Å². The van der Waals surface area contributed by atoms with Crippen LogP contribution in [0.15, 0.2) is 65.7 Å². The van der Waals surface area contributed by atoms with Crippen LogP contribution in [0.2, 0.25) is 0 Å². The Bertz CT molecular complexity index is 770. The molecule has 0 aliphatic carbocycles. The van der Waals surface area contributed by atoms with Gasteiger partial charge in [0, 0.05) is 12.0 Å². The molecule has 0 N–H and O–H groups in total. The summed E-state index contributed by atoms with van der Waals surface area (Å²) in [5.41, 5.74) is 1.80. The first kappa shape index (κ1) is 15.6. The van der Waals surface area contributed by atoms with Crippen LogP contribution in [-0.4, -0.2) is 21.5 Å². The number of carbonyl (C=O) groups is 1. The van der Waals surface area contributed by atoms with Crippen molar-refractivity contribution < 1.29 is 4.79 Å². The molecule has 1 unspecified atom stereocenters. The first-order valence-electron chi connectivity index (χ1n) is 7.66. The summed E-state index contributed by atoms with van der Waals surface area (Å²) in [4.78, 5) is 19.6. The van der Waals surface area contributed by atoms with E-state index in [1.165, 1.54) is 0 Å². The standard InChI is InChI=1S/C19H18N2OS/c1-3-16(22)21-18(23)17(14-10-6-4-7-11-14)20-19(21,2)15-12-8-5-9-13-15/h4-13H,3H2,1-2H3. The van der Waals surface area contributed by atoms with E-state index in [4.69, 9.17) is 17.2 Å². The molecule has 1 aliphatic rings. The highest BCUT2D eigenvalue weighted by molar-refractivity contribution is 7.82. The van der Waals surface area contributed by atoms with E-state index in [1.54, 1.807) is 4.90 Å². The molecule has 0 saturated heterocycles. The van der Waals surface area contributed by atoms with Crippen molar-refractivity contribution in [3.8, 4) is 0 Å². The van der Waals surface area contributed by atoms with E-state index >= 15 is 0 Å². The molecule has 4 heteroatoms. The monoisotopic (exact) mass is 322 g/mol. The molecule has 2 aromatic carbocycles. The fourth-order valence-electron chi connectivity index (χ4n) is 2.86. The molecule has 0 aromatic heterocycles. The second kappa shape index (κ2) is 6.05. The lowest BCUT2D eigenvalue weighted by Crippen LogP contribution is -2.45. The number of aliphatic imine (C=N–C) groups is 1. The zero-order valence-corrected chi connectivity index (χ0v) is 14.0. The molecule has 1 heterocycles. The van der Waals surface area contributed by atoms with Crippen LogP contribution in [-0.2, 0) is 10.5 Å². The Balaban J connectivity index is 2.16. The maximum atomic E-state index is 12.6. The molecular weight excluding hydrogens is 304 g/mol. The third kappa shape index (κ3) is 2.59. The maximum Gasteiger partial charge on any atom is 0.229 e. The van der Waals surface area contributed by atoms with Crippen LogP contribution in [0.1, 0.15) is 31.4 Å². The Morgan fingerprint density at radius 2 is 1.65 bits per heavy atom. The molecule has 1 atom stereocenters. The highest BCUT2D eigenvalue weighted by atomic mass is 32.1. The number of hydrogen-bond acceptors (Lipinski definition) is 3. The van der Waals surface area contributed by atoms with E-state index in [0.29, 0.717) is 17.1 Å². The van der Waals surface area contributed by atoms with Crippen molar-refractivity contribution in [3.05, 3.63) is 71.8 Å². The highest BCUT2D eigenvalue weighted by Gasteiger charge is 2.45. The molecule has 0 fully saturated rings. The van der Waals surface area contributed by atoms with Gasteiger partial charge in [0.25, 0.3) is 0 Å². The quantitative estimate of drug-likeness (QED) is 0.802. The van der Waals surface area contributed by atoms with Crippen LogP contribution in [0.4, 0.5) is 0 Å². The van der Waals surface area contributed by atoms with Crippen molar-refractivity contribution in [1.82, 2.24) is 4.90 Å². The van der Waals surface area contributed by atoms with Gasteiger partial charge in [-0.1, -0.05) is 79.8 Å². The topological polar surface area (TPSA) is 32.7 Å². The van der Waals surface area contributed by atoms with E-state index in [1.807, 2.05) is 74.5 Å². The van der Waals surface area contributed by atoms with Gasteiger partial charge in [0.2, 0.25) is 5.91 Å². The number of carbonyl (C=O) groups excluding carboxylic acids is 1. The van der Waals surface area contributed by atoms with E-state index < -0.39 is 5.66 Å². The Morgan fingerprint density at radius 1 is 1.09 bits per heavy atom. The maximum absolute atomic E-state index is 12.6. The van der Waals surface area contributed by atoms with Gasteiger partial charge in [0.05, 0.1) is 0 Å². The Labute approximate surface area is 141 Å². The van der Waals surface area contributed by atoms with Crippen molar-refractivity contribution in [2.24, 2.45) is 4.99 Å². The Morgan fingerprint density at radius 3 is 2.22 bits per heavy atom. The third-order valence-electron chi connectivity index (χ3n) is 4.09. The van der Waals surface area contributed by atoms with Gasteiger partial charge in [-0.3, -0.25) is 9.69 Å². The number of nitrogens with zero attached hydrogens (tertiary/aromatic N) is 2. The fraction of sp³-hybridized carbons (Fsp3) is 0.211. The number of hydrogen-bond donors (Lipinski definition) is 0. The van der Waals surface area contributed by atoms with Gasteiger partial charge < -0.3 is 0 Å². The first-order chi connectivity index (χ1) is 11.1. The van der Waals surface area contributed by atoms with Gasteiger partial charge >= 0.3 is 0 Å². The smallest absolute Gasteiger partial charge is 0.229 e. The van der Waals surface area contributed by atoms with Gasteiger partial charge in [-0.25, -0.2) is 4.99 Å². The van der Waals surface area contributed by atoms with E-state index in [2.05, 4.69) is 0 Å². The summed E-state index contributed by atoms with van der Waals surface area (Å²) in [5, 5.41) is 0. The van der Waals surface area contributed by atoms with Crippen LogP contribution in [0, 0.1) is 0 Å². The summed E-state index contributed by atoms with van der Waals surface area (Å²) < 4.78 is 0. The minimum Gasteiger partial charge on any atom is -0.274 e. The lowest BCUT2D eigenvalue weighted by atomic mass is 10.0. The molecule has 0 saturated carbocycles. The second-order valence-corrected chi connectivity index (χ2v) is 5.99. The Hall–Kier alpha value is -2.33. The first-order valence-corrected chi connectivity index (χ1v) is 8.07. The minimum absolute atomic E-state index is 0.0176. The predicted molar refractivity (Wildman–Crippen MR) is 96.5 cm³/mol. The van der Waals surface area contributed by atoms with Gasteiger partial charge in [-0.15, -0.1) is 0 Å². The summed E-state index contributed by atoms with van der Waals surface area (Å²) in [5.74, 6) is -0.0176. The SMILES string of the molecule is CCC(=O)N1C(=S)C(c2ccccc2)=NC1(C)c1ccccc1. The molecule has 23 heavy (non-hydrogen) atoms. The lowest BCUT2D eigenvalue weighted by Gasteiger charge is -2.33. The van der Waals surface area contributed by atoms with Crippen molar-refractivity contribution in [2.45, 2.75) is 25.9 Å². The summed E-state index contributed by atoms with van der Waals surface area (Å²) in [6.07, 6.45) is 0.389. The molecule has 1 amide bonds. The summed E-state index contributed by atoms with van der Waals surface area (Å²) >= 11 is 5.61. The average molecular weight is 322 g/mol. The largest absolute Gasteiger partial charge is 0.274 e. The van der Waals surface area contributed by atoms with Gasteiger partial charge in [0.1, 0.15) is 10.7 Å². The van der Waals surface area contributed by atoms with Crippen LogP contribution in [0.3, 0.4) is 0 Å². The van der Waals surface area contributed by atoms with Crippen molar-refractivity contribution in [3.63, 3.8) is 0 Å². The molecular formula is C19H18N2OS. The van der Waals surface area contributed by atoms with Crippen molar-refractivity contribution in [2.75, 3.05) is 0 Å². The molecule has 3 rings (SSSR count). The fourth-order valence-corrected chi connectivity index (χ4v) is 3.31. The van der Waals surface area contributed by atoms with E-state index in [-0.39, 0.29) is 5.91 Å². The lowest BCUT2D eigenvalue weighted by molar-refractivity contribution is -0.130. The zero-order chi connectivity index (χ0) is 16.4. The van der Waals surface area contributed by atoms with Gasteiger partial charge in [-0.2, -0.15) is 0 Å². The van der Waals surface area contributed by atoms with Crippen LogP contribution in [0.25, 0.3) is 0 Å². The highest BCUT2D eigenvalue weighted by Crippen LogP contribution is 2.37. The number of benzene rings is 2. The molecule has 0 radical (unpaired) electrons. The number of amides is 1. The molecule has 1 aliphatic heterocycles. The normalized spacial score (nSPS) is 20.5. The third-order valence-corrected chi connectivity index (χ3v) is 4.47.